The number of halogens is 8. The van der Waals surface area contributed by atoms with Crippen LogP contribution in [0.25, 0.3) is 59.2 Å². The molecule has 8 nitrogen and oxygen atoms in total. The van der Waals surface area contributed by atoms with Crippen molar-refractivity contribution in [3.63, 3.8) is 0 Å². The molecule has 16 heteroatoms. The van der Waals surface area contributed by atoms with E-state index in [9.17, 15) is 24.6 Å². The van der Waals surface area contributed by atoms with Gasteiger partial charge in [0, 0.05) is 32.3 Å². The number of rotatable bonds is 0. The molecule has 200 valence electrons. The highest BCUT2D eigenvalue weighted by Gasteiger charge is 2.34. The van der Waals surface area contributed by atoms with Crippen LogP contribution in [0.2, 0.25) is 0 Å². The second-order valence-electron chi connectivity index (χ2n) is 8.42. The Balaban J connectivity index is 2.11. The molecule has 0 saturated heterocycles. The van der Waals surface area contributed by atoms with E-state index in [2.05, 4.69) is 24.8 Å². The normalized spacial score (nSPS) is 11.2. The highest BCUT2D eigenvalue weighted by Crippen LogP contribution is 2.46. The summed E-state index contributed by atoms with van der Waals surface area (Å²) in [5, 5.41) is 18.9. The Morgan fingerprint density at radius 3 is 1.02 bits per heavy atom. The van der Waals surface area contributed by atoms with Gasteiger partial charge in [-0.25, -0.2) is 50.1 Å². The van der Waals surface area contributed by atoms with E-state index in [-0.39, 0.29) is 0 Å². The first kappa shape index (κ1) is 26.0. The molecule has 4 aromatic carbocycles. The Morgan fingerprint density at radius 2 is 0.714 bits per heavy atom. The Hall–Kier alpha value is -6.26. The summed E-state index contributed by atoms with van der Waals surface area (Å²) in [5.41, 5.74) is -7.11. The summed E-state index contributed by atoms with van der Waals surface area (Å²) < 4.78 is 124. The minimum atomic E-state index is -2.51. The fourth-order valence-electron chi connectivity index (χ4n) is 4.74. The SMILES string of the molecule is [C-]#[N+]c1nc2c(F)c3c4c(F)c(F)c(F)c(F)c4c4c(F)c5nc(C#N)c(C#N)nc5c(F)c4c3c(F)c2nc1C#N. The smallest absolute Gasteiger partial charge is 0.307 e. The predicted octanol–water partition coefficient (Wildman–Crippen LogP) is 6.31. The predicted molar refractivity (Wildman–Crippen MR) is 125 cm³/mol. The fourth-order valence-corrected chi connectivity index (χ4v) is 4.74. The topological polar surface area (TPSA) is 127 Å². The first-order chi connectivity index (χ1) is 20.0. The summed E-state index contributed by atoms with van der Waals surface area (Å²) in [6.07, 6.45) is 0. The molecule has 6 aromatic rings. The maximum absolute atomic E-state index is 16.2. The standard InChI is InChI=1S/C26F8N8/c1-38-26-7(4-37)41-24-18(31)13-11(19(32)25(24)42-26)9-8(14(27)20(33)21(34)15(9)28)10-12(13)17(30)23-22(16(10)29)39-5(2-35)6(3-36)40-23. The first-order valence-corrected chi connectivity index (χ1v) is 10.9. The molecule has 0 fully saturated rings. The lowest BCUT2D eigenvalue weighted by atomic mass is 9.90. The van der Waals surface area contributed by atoms with Gasteiger partial charge in [-0.2, -0.15) is 15.8 Å². The van der Waals surface area contributed by atoms with Gasteiger partial charge in [0.2, 0.25) is 5.52 Å². The largest absolute Gasteiger partial charge is 0.358 e. The molecule has 2 heterocycles. The molecule has 0 bridgehead atoms. The lowest BCUT2D eigenvalue weighted by Crippen LogP contribution is -2.07. The number of fused-ring (bicyclic) bond motifs is 8. The van der Waals surface area contributed by atoms with Gasteiger partial charge in [0.1, 0.15) is 29.2 Å². The number of benzene rings is 4. The Kier molecular flexibility index (Phi) is 5.33. The van der Waals surface area contributed by atoms with Crippen molar-refractivity contribution in [3.05, 3.63) is 75.0 Å². The monoisotopic (exact) mass is 576 g/mol. The van der Waals surface area contributed by atoms with Gasteiger partial charge in [-0.15, -0.1) is 4.98 Å². The summed E-state index contributed by atoms with van der Waals surface area (Å²) >= 11 is 0. The molecule has 0 spiro atoms. The number of hydrogen-bond donors (Lipinski definition) is 0. The quantitative estimate of drug-likeness (QED) is 0.0518. The second-order valence-corrected chi connectivity index (χ2v) is 8.42. The van der Waals surface area contributed by atoms with E-state index in [1.54, 1.807) is 0 Å². The molecule has 0 radical (unpaired) electrons. The molecule has 0 aliphatic carbocycles. The maximum atomic E-state index is 16.2. The van der Waals surface area contributed by atoms with Gasteiger partial charge in [-0.3, -0.25) is 0 Å². The van der Waals surface area contributed by atoms with Gasteiger partial charge in [0.15, 0.2) is 69.1 Å². The summed E-state index contributed by atoms with van der Waals surface area (Å²) in [7, 11) is 0. The highest BCUT2D eigenvalue weighted by molar-refractivity contribution is 6.29. The van der Waals surface area contributed by atoms with Crippen LogP contribution in [-0.4, -0.2) is 19.9 Å². The van der Waals surface area contributed by atoms with E-state index in [0.29, 0.717) is 0 Å². The molecule has 0 atom stereocenters. The average Bonchev–Trinajstić information content (AvgIpc) is 3.01. The Labute approximate surface area is 224 Å². The molecule has 0 saturated carbocycles. The minimum absolute atomic E-state index is 0.823. The number of nitrogens with zero attached hydrogens (tertiary/aromatic N) is 8. The number of aromatic nitrogens is 4. The molecule has 6 rings (SSSR count). The van der Waals surface area contributed by atoms with Crippen LogP contribution in [0.3, 0.4) is 0 Å². The molecular formula is C26F8N8. The molecule has 2 aromatic heterocycles. The zero-order valence-corrected chi connectivity index (χ0v) is 19.6. The molecule has 0 aliphatic rings. The summed E-state index contributed by atoms with van der Waals surface area (Å²) in [6.45, 7) is 7.10. The van der Waals surface area contributed by atoms with Crippen molar-refractivity contribution >= 4 is 60.2 Å². The summed E-state index contributed by atoms with van der Waals surface area (Å²) in [6, 6.07) is 4.21. The molecule has 0 unspecified atom stereocenters. The van der Waals surface area contributed by atoms with Crippen LogP contribution in [0, 0.1) is 87.1 Å². The van der Waals surface area contributed by atoms with E-state index < -0.39 is 124 Å². The van der Waals surface area contributed by atoms with Gasteiger partial charge in [-0.1, -0.05) is 6.57 Å². The van der Waals surface area contributed by atoms with Crippen LogP contribution in [0.4, 0.5) is 40.9 Å². The van der Waals surface area contributed by atoms with Crippen molar-refractivity contribution in [2.45, 2.75) is 0 Å². The third-order valence-electron chi connectivity index (χ3n) is 6.42. The lowest BCUT2D eigenvalue weighted by Gasteiger charge is -2.17. The van der Waals surface area contributed by atoms with Crippen molar-refractivity contribution in [2.24, 2.45) is 0 Å². The molecular weight excluding hydrogens is 576 g/mol. The van der Waals surface area contributed by atoms with Crippen molar-refractivity contribution < 1.29 is 35.1 Å². The van der Waals surface area contributed by atoms with Crippen molar-refractivity contribution in [1.29, 1.82) is 15.8 Å². The van der Waals surface area contributed by atoms with Crippen molar-refractivity contribution in [1.82, 2.24) is 19.9 Å². The van der Waals surface area contributed by atoms with Gasteiger partial charge >= 0.3 is 5.82 Å². The third-order valence-corrected chi connectivity index (χ3v) is 6.42. The molecule has 42 heavy (non-hydrogen) atoms. The van der Waals surface area contributed by atoms with Gasteiger partial charge in [-0.05, 0) is 0 Å². The summed E-state index contributed by atoms with van der Waals surface area (Å²) in [4.78, 5) is 16.9. The van der Waals surface area contributed by atoms with Gasteiger partial charge in [0.05, 0.1) is 0 Å². The van der Waals surface area contributed by atoms with Crippen LogP contribution in [0.1, 0.15) is 17.1 Å². The van der Waals surface area contributed by atoms with Gasteiger partial charge in [0.25, 0.3) is 0 Å². The molecule has 0 amide bonds. The second kappa shape index (κ2) is 8.62. The van der Waals surface area contributed by atoms with E-state index in [1.807, 2.05) is 0 Å². The van der Waals surface area contributed by atoms with Crippen LogP contribution in [-0.2, 0) is 0 Å². The zero-order valence-electron chi connectivity index (χ0n) is 19.6. The van der Waals surface area contributed by atoms with Crippen molar-refractivity contribution in [2.75, 3.05) is 0 Å². The van der Waals surface area contributed by atoms with E-state index >= 15 is 26.3 Å². The highest BCUT2D eigenvalue weighted by atomic mass is 19.2. The van der Waals surface area contributed by atoms with E-state index in [4.69, 9.17) is 6.57 Å². The van der Waals surface area contributed by atoms with E-state index in [0.717, 1.165) is 0 Å². The Morgan fingerprint density at radius 1 is 0.429 bits per heavy atom. The zero-order chi connectivity index (χ0) is 30.4. The van der Waals surface area contributed by atoms with Gasteiger partial charge < -0.3 is 4.85 Å². The fraction of sp³-hybridized carbons (Fsp3) is 0. The number of nitriles is 3. The lowest BCUT2D eigenvalue weighted by molar-refractivity contribution is 0.418. The Bertz CT molecular complexity index is 2330. The number of hydrogen-bond acceptors (Lipinski definition) is 7. The summed E-state index contributed by atoms with van der Waals surface area (Å²) in [5.74, 6) is -17.9. The molecule has 0 aliphatic heterocycles. The average molecular weight is 576 g/mol. The minimum Gasteiger partial charge on any atom is -0.358 e. The maximum Gasteiger partial charge on any atom is 0.307 e. The first-order valence-electron chi connectivity index (χ1n) is 10.9. The molecule has 0 N–H and O–H groups in total. The van der Waals surface area contributed by atoms with Crippen LogP contribution < -0.4 is 0 Å². The van der Waals surface area contributed by atoms with Crippen molar-refractivity contribution in [3.8, 4) is 18.2 Å². The van der Waals surface area contributed by atoms with E-state index in [1.165, 1.54) is 18.2 Å². The van der Waals surface area contributed by atoms with Crippen LogP contribution >= 0.6 is 0 Å². The van der Waals surface area contributed by atoms with Crippen LogP contribution in [0.15, 0.2) is 0 Å². The third kappa shape index (κ3) is 3.00. The van der Waals surface area contributed by atoms with Crippen LogP contribution in [0.5, 0.6) is 0 Å².